The van der Waals surface area contributed by atoms with Crippen molar-refractivity contribution in [3.05, 3.63) is 29.8 Å². The average molecular weight is 372 g/mol. The number of benzene rings is 1. The molecular formula is C14H14F6N2O3. The van der Waals surface area contributed by atoms with E-state index in [0.29, 0.717) is 24.3 Å². The third kappa shape index (κ3) is 4.77. The van der Waals surface area contributed by atoms with Crippen LogP contribution in [0.3, 0.4) is 0 Å². The van der Waals surface area contributed by atoms with E-state index >= 15 is 0 Å². The Morgan fingerprint density at radius 2 is 1.56 bits per heavy atom. The number of alkyl halides is 6. The van der Waals surface area contributed by atoms with Gasteiger partial charge < -0.3 is 15.4 Å². The third-order valence-electron chi connectivity index (χ3n) is 2.91. The van der Waals surface area contributed by atoms with Crippen LogP contribution in [0.4, 0.5) is 32.0 Å². The van der Waals surface area contributed by atoms with Crippen molar-refractivity contribution in [3.63, 3.8) is 0 Å². The second-order valence-electron chi connectivity index (χ2n) is 4.85. The van der Waals surface area contributed by atoms with Crippen LogP contribution >= 0.6 is 0 Å². The molecule has 0 bridgehead atoms. The molecule has 0 saturated heterocycles. The fourth-order valence-corrected chi connectivity index (χ4v) is 1.85. The number of hydrogen-bond donors (Lipinski definition) is 2. The number of hydrogen-bond acceptors (Lipinski definition) is 4. The minimum atomic E-state index is -5.34. The van der Waals surface area contributed by atoms with Gasteiger partial charge in [0.15, 0.2) is 0 Å². The molecule has 1 aromatic carbocycles. The molecule has 140 valence electrons. The Morgan fingerprint density at radius 1 is 1.04 bits per heavy atom. The summed E-state index contributed by atoms with van der Waals surface area (Å²) in [4.78, 5) is 23.1. The van der Waals surface area contributed by atoms with Crippen LogP contribution in [0, 0.1) is 0 Å². The van der Waals surface area contributed by atoms with Crippen molar-refractivity contribution in [2.45, 2.75) is 31.9 Å². The van der Waals surface area contributed by atoms with Crippen molar-refractivity contribution >= 4 is 17.6 Å². The number of esters is 1. The molecule has 0 aliphatic carbocycles. The van der Waals surface area contributed by atoms with Gasteiger partial charge >= 0.3 is 24.0 Å². The van der Waals surface area contributed by atoms with Crippen molar-refractivity contribution < 1.29 is 40.7 Å². The Bertz CT molecular complexity index is 627. The maximum Gasteiger partial charge on any atom is 0.441 e. The van der Waals surface area contributed by atoms with Gasteiger partial charge in [-0.05, 0) is 31.2 Å². The van der Waals surface area contributed by atoms with Crippen LogP contribution in [-0.4, -0.2) is 30.3 Å². The van der Waals surface area contributed by atoms with E-state index < -0.39 is 47.7 Å². The molecular weight excluding hydrogens is 358 g/mol. The number of halogens is 6. The summed E-state index contributed by atoms with van der Waals surface area (Å²) in [7, 11) is 0. The smallest absolute Gasteiger partial charge is 0.441 e. The minimum Gasteiger partial charge on any atom is -0.463 e. The number of rotatable bonds is 5. The first-order valence-corrected chi connectivity index (χ1v) is 6.81. The second kappa shape index (κ2) is 7.19. The van der Waals surface area contributed by atoms with E-state index in [0.717, 1.165) is 6.92 Å². The first-order valence-electron chi connectivity index (χ1n) is 6.81. The summed E-state index contributed by atoms with van der Waals surface area (Å²) >= 11 is 0. The van der Waals surface area contributed by atoms with Crippen molar-refractivity contribution in [2.24, 2.45) is 0 Å². The van der Waals surface area contributed by atoms with Gasteiger partial charge in [0.1, 0.15) is 0 Å². The molecule has 5 nitrogen and oxygen atoms in total. The molecule has 1 atom stereocenters. The number of carbonyl (C=O) groups excluding carboxylic acids is 2. The number of amides is 1. The quantitative estimate of drug-likeness (QED) is 0.474. The van der Waals surface area contributed by atoms with Gasteiger partial charge in [0, 0.05) is 12.6 Å². The normalized spacial score (nSPS) is 14.4. The molecule has 0 saturated carbocycles. The largest absolute Gasteiger partial charge is 0.463 e. The number of ether oxygens (including phenoxy) is 1. The number of anilines is 1. The van der Waals surface area contributed by atoms with Gasteiger partial charge in [0.2, 0.25) is 5.91 Å². The number of nitrogens with one attached hydrogen (secondary N) is 2. The lowest BCUT2D eigenvalue weighted by Gasteiger charge is -2.35. The first kappa shape index (κ1) is 20.6. The zero-order chi connectivity index (χ0) is 19.5. The van der Waals surface area contributed by atoms with Gasteiger partial charge in [-0.25, -0.2) is 4.79 Å². The van der Waals surface area contributed by atoms with Gasteiger partial charge in [-0.2, -0.15) is 26.3 Å². The standard InChI is InChI=1S/C14H14F6N2O3/c1-3-25-11(24)12(14(18,19)20,21-8(2)23)22-10-6-4-9(5-7-10)13(15,16)17/h4-7,22H,3H2,1-2H3,(H,21,23). The zero-order valence-electron chi connectivity index (χ0n) is 13.0. The molecule has 11 heteroatoms. The van der Waals surface area contributed by atoms with Gasteiger partial charge in [-0.3, -0.25) is 4.79 Å². The lowest BCUT2D eigenvalue weighted by atomic mass is 10.1. The van der Waals surface area contributed by atoms with Crippen molar-refractivity contribution in [2.75, 3.05) is 11.9 Å². The molecule has 0 heterocycles. The summed E-state index contributed by atoms with van der Waals surface area (Å²) in [5, 5.41) is 3.17. The molecule has 0 radical (unpaired) electrons. The highest BCUT2D eigenvalue weighted by molar-refractivity contribution is 5.90. The molecule has 2 N–H and O–H groups in total. The van der Waals surface area contributed by atoms with Crippen LogP contribution in [0.2, 0.25) is 0 Å². The predicted octanol–water partition coefficient (Wildman–Crippen LogP) is 3.08. The first-order chi connectivity index (χ1) is 11.3. The molecule has 1 amide bonds. The lowest BCUT2D eigenvalue weighted by molar-refractivity contribution is -0.207. The molecule has 0 aromatic heterocycles. The van der Waals surface area contributed by atoms with Crippen LogP contribution in [0.25, 0.3) is 0 Å². The number of carbonyl (C=O) groups is 2. The van der Waals surface area contributed by atoms with Crippen LogP contribution in [0.1, 0.15) is 19.4 Å². The van der Waals surface area contributed by atoms with E-state index in [1.54, 1.807) is 5.32 Å². The monoisotopic (exact) mass is 372 g/mol. The van der Waals surface area contributed by atoms with Crippen LogP contribution in [0.5, 0.6) is 0 Å². The molecule has 1 rings (SSSR count). The SMILES string of the molecule is CCOC(=O)C(NC(C)=O)(Nc1ccc(C(F)(F)F)cc1)C(F)(F)F. The molecule has 0 fully saturated rings. The Labute approximate surface area is 138 Å². The maximum absolute atomic E-state index is 13.5. The highest BCUT2D eigenvalue weighted by Crippen LogP contribution is 2.34. The second-order valence-corrected chi connectivity index (χ2v) is 4.85. The minimum absolute atomic E-state index is 0.412. The average Bonchev–Trinajstić information content (AvgIpc) is 2.44. The van der Waals surface area contributed by atoms with Crippen molar-refractivity contribution in [1.82, 2.24) is 5.32 Å². The summed E-state index contributed by atoms with van der Waals surface area (Å²) in [6.07, 6.45) is -10.0. The van der Waals surface area contributed by atoms with Crippen LogP contribution < -0.4 is 10.6 Å². The summed E-state index contributed by atoms with van der Waals surface area (Å²) in [6, 6.07) is 2.46. The summed E-state index contributed by atoms with van der Waals surface area (Å²) in [5.41, 5.74) is -5.22. The van der Waals surface area contributed by atoms with E-state index in [1.807, 2.05) is 0 Å². The fourth-order valence-electron chi connectivity index (χ4n) is 1.85. The van der Waals surface area contributed by atoms with Gasteiger partial charge in [0.05, 0.1) is 12.2 Å². The van der Waals surface area contributed by atoms with Crippen molar-refractivity contribution in [3.8, 4) is 0 Å². The lowest BCUT2D eigenvalue weighted by Crippen LogP contribution is -2.69. The Balaban J connectivity index is 3.32. The van der Waals surface area contributed by atoms with E-state index in [2.05, 4.69) is 4.74 Å². The van der Waals surface area contributed by atoms with Crippen LogP contribution in [-0.2, 0) is 20.5 Å². The molecule has 25 heavy (non-hydrogen) atoms. The summed E-state index contributed by atoms with van der Waals surface area (Å²) < 4.78 is 82.4. The molecule has 0 aliphatic rings. The Morgan fingerprint density at radius 3 is 1.92 bits per heavy atom. The van der Waals surface area contributed by atoms with Gasteiger partial charge in [0.25, 0.3) is 0 Å². The zero-order valence-corrected chi connectivity index (χ0v) is 13.0. The highest BCUT2D eigenvalue weighted by Gasteiger charge is 2.63. The predicted molar refractivity (Wildman–Crippen MR) is 74.3 cm³/mol. The van der Waals surface area contributed by atoms with Gasteiger partial charge in [-0.15, -0.1) is 0 Å². The maximum atomic E-state index is 13.5. The molecule has 0 aliphatic heterocycles. The van der Waals surface area contributed by atoms with E-state index in [1.165, 1.54) is 12.2 Å². The van der Waals surface area contributed by atoms with E-state index in [9.17, 15) is 35.9 Å². The van der Waals surface area contributed by atoms with E-state index in [4.69, 9.17) is 0 Å². The third-order valence-corrected chi connectivity index (χ3v) is 2.91. The fraction of sp³-hybridized carbons (Fsp3) is 0.429. The van der Waals surface area contributed by atoms with Crippen LogP contribution in [0.15, 0.2) is 24.3 Å². The topological polar surface area (TPSA) is 67.4 Å². The summed E-state index contributed by atoms with van der Waals surface area (Å²) in [6.45, 7) is 1.59. The summed E-state index contributed by atoms with van der Waals surface area (Å²) in [5.74, 6) is -3.05. The molecule has 1 unspecified atom stereocenters. The molecule has 1 aromatic rings. The van der Waals surface area contributed by atoms with Crippen molar-refractivity contribution in [1.29, 1.82) is 0 Å². The Hall–Kier alpha value is -2.46. The van der Waals surface area contributed by atoms with Gasteiger partial charge in [-0.1, -0.05) is 0 Å². The molecule has 0 spiro atoms. The Kier molecular flexibility index (Phi) is 5.92. The highest BCUT2D eigenvalue weighted by atomic mass is 19.4. The van der Waals surface area contributed by atoms with E-state index in [-0.39, 0.29) is 0 Å².